The number of carbonyl (C=O) groups excluding carboxylic acids is 1. The minimum Gasteiger partial charge on any atom is -0.444 e. The molecule has 0 aliphatic heterocycles. The number of hydrazone groups is 1. The summed E-state index contributed by atoms with van der Waals surface area (Å²) in [6.07, 6.45) is 1.08. The normalized spacial score (nSPS) is 11.3. The molecule has 6 nitrogen and oxygen atoms in total. The Morgan fingerprint density at radius 3 is 2.74 bits per heavy atom. The van der Waals surface area contributed by atoms with Crippen molar-refractivity contribution >= 4 is 18.0 Å². The molecule has 1 rings (SSSR count). The Balaban J connectivity index is 2.72. The van der Waals surface area contributed by atoms with Gasteiger partial charge in [-0.25, -0.2) is 4.79 Å². The summed E-state index contributed by atoms with van der Waals surface area (Å²) >= 11 is 0. The molecule has 0 spiro atoms. The third kappa shape index (κ3) is 8.01. The van der Waals surface area contributed by atoms with Gasteiger partial charge >= 0.3 is 6.09 Å². The van der Waals surface area contributed by atoms with E-state index in [0.29, 0.717) is 12.2 Å². The topological polar surface area (TPSA) is 74.2 Å². The molecule has 1 aromatic carbocycles. The van der Waals surface area contributed by atoms with Gasteiger partial charge < -0.3 is 9.84 Å². The summed E-state index contributed by atoms with van der Waals surface area (Å²) in [5, 5.41) is 17.6. The van der Waals surface area contributed by atoms with Crippen LogP contribution >= 0.6 is 0 Å². The summed E-state index contributed by atoms with van der Waals surface area (Å²) in [7, 11) is 0. The number of ether oxygens (including phenoxy) is 1. The number of aliphatic hydroxyl groups is 1. The molecule has 126 valence electrons. The van der Waals surface area contributed by atoms with E-state index >= 15 is 0 Å². The van der Waals surface area contributed by atoms with E-state index in [2.05, 4.69) is 17.0 Å². The number of allylic oxidation sites excluding steroid dienone is 1. The van der Waals surface area contributed by atoms with Gasteiger partial charge in [0.2, 0.25) is 0 Å². The SMILES string of the molecule is C=C(C)/C=N\N(CO)Cc1cccc(NC(=O)OC(C)(C)C)c1. The van der Waals surface area contributed by atoms with Crippen molar-refractivity contribution in [3.05, 3.63) is 42.0 Å². The minimum absolute atomic E-state index is 0.215. The molecule has 0 bridgehead atoms. The first-order valence-corrected chi connectivity index (χ1v) is 7.34. The average molecular weight is 319 g/mol. The number of hydrogen-bond acceptors (Lipinski definition) is 5. The van der Waals surface area contributed by atoms with Crippen molar-refractivity contribution in [3.63, 3.8) is 0 Å². The molecule has 0 radical (unpaired) electrons. The van der Waals surface area contributed by atoms with Crippen LogP contribution in [0, 0.1) is 0 Å². The summed E-state index contributed by atoms with van der Waals surface area (Å²) in [6.45, 7) is 11.2. The molecule has 1 amide bonds. The van der Waals surface area contributed by atoms with E-state index in [4.69, 9.17) is 4.74 Å². The van der Waals surface area contributed by atoms with Crippen LogP contribution < -0.4 is 5.32 Å². The second kappa shape index (κ2) is 8.33. The van der Waals surface area contributed by atoms with Crippen LogP contribution in [0.2, 0.25) is 0 Å². The monoisotopic (exact) mass is 319 g/mol. The van der Waals surface area contributed by atoms with Gasteiger partial charge in [-0.05, 0) is 51.0 Å². The summed E-state index contributed by atoms with van der Waals surface area (Å²) in [4.78, 5) is 11.8. The van der Waals surface area contributed by atoms with Crippen molar-refractivity contribution in [1.82, 2.24) is 5.01 Å². The lowest BCUT2D eigenvalue weighted by molar-refractivity contribution is 0.0636. The number of amides is 1. The molecule has 0 heterocycles. The lowest BCUT2D eigenvalue weighted by atomic mass is 10.2. The maximum absolute atomic E-state index is 11.8. The highest BCUT2D eigenvalue weighted by molar-refractivity contribution is 5.84. The zero-order chi connectivity index (χ0) is 17.5. The van der Waals surface area contributed by atoms with Crippen molar-refractivity contribution in [1.29, 1.82) is 0 Å². The molecule has 1 aromatic rings. The van der Waals surface area contributed by atoms with Crippen LogP contribution in [0.25, 0.3) is 0 Å². The summed E-state index contributed by atoms with van der Waals surface area (Å²) < 4.78 is 5.22. The predicted octanol–water partition coefficient (Wildman–Crippen LogP) is 3.35. The van der Waals surface area contributed by atoms with Crippen LogP contribution in [0.4, 0.5) is 10.5 Å². The lowest BCUT2D eigenvalue weighted by Gasteiger charge is -2.20. The van der Waals surface area contributed by atoms with Crippen LogP contribution in [0.15, 0.2) is 41.5 Å². The molecule has 2 N–H and O–H groups in total. The van der Waals surface area contributed by atoms with E-state index < -0.39 is 11.7 Å². The smallest absolute Gasteiger partial charge is 0.412 e. The Labute approximate surface area is 137 Å². The van der Waals surface area contributed by atoms with Gasteiger partial charge in [-0.1, -0.05) is 18.7 Å². The average Bonchev–Trinajstić information content (AvgIpc) is 2.41. The lowest BCUT2D eigenvalue weighted by Crippen LogP contribution is -2.27. The molecule has 0 aliphatic rings. The zero-order valence-corrected chi connectivity index (χ0v) is 14.2. The Morgan fingerprint density at radius 1 is 1.48 bits per heavy atom. The van der Waals surface area contributed by atoms with E-state index in [9.17, 15) is 9.90 Å². The highest BCUT2D eigenvalue weighted by atomic mass is 16.6. The summed E-state index contributed by atoms with van der Waals surface area (Å²) in [5.74, 6) is 0. The third-order valence-corrected chi connectivity index (χ3v) is 2.54. The standard InChI is InChI=1S/C17H25N3O3/c1-13(2)10-18-20(12-21)11-14-7-6-8-15(9-14)19-16(22)23-17(3,4)5/h6-10,21H,1,11-12H2,2-5H3,(H,19,22)/b18-10-. The second-order valence-corrected chi connectivity index (χ2v) is 6.22. The first-order chi connectivity index (χ1) is 10.7. The molecule has 23 heavy (non-hydrogen) atoms. The first-order valence-electron chi connectivity index (χ1n) is 7.34. The number of benzene rings is 1. The van der Waals surface area contributed by atoms with Gasteiger partial charge in [-0.2, -0.15) is 5.10 Å². The van der Waals surface area contributed by atoms with Gasteiger partial charge in [0.05, 0.1) is 6.54 Å². The van der Waals surface area contributed by atoms with Crippen molar-refractivity contribution in [2.24, 2.45) is 5.10 Å². The van der Waals surface area contributed by atoms with Gasteiger partial charge in [0.1, 0.15) is 12.3 Å². The Hall–Kier alpha value is -2.34. The van der Waals surface area contributed by atoms with E-state index in [1.54, 1.807) is 12.3 Å². The maximum atomic E-state index is 11.8. The Kier molecular flexibility index (Phi) is 6.78. The largest absolute Gasteiger partial charge is 0.444 e. The fraction of sp³-hybridized carbons (Fsp3) is 0.412. The molecule has 6 heteroatoms. The van der Waals surface area contributed by atoms with Gasteiger partial charge in [-0.15, -0.1) is 0 Å². The zero-order valence-electron chi connectivity index (χ0n) is 14.2. The maximum Gasteiger partial charge on any atom is 0.412 e. The quantitative estimate of drug-likeness (QED) is 0.479. The molecular weight excluding hydrogens is 294 g/mol. The highest BCUT2D eigenvalue weighted by Crippen LogP contribution is 2.15. The van der Waals surface area contributed by atoms with Gasteiger partial charge in [-0.3, -0.25) is 10.3 Å². The fourth-order valence-electron chi connectivity index (χ4n) is 1.69. The van der Waals surface area contributed by atoms with Gasteiger partial charge in [0.25, 0.3) is 0 Å². The van der Waals surface area contributed by atoms with Crippen LogP contribution in [-0.2, 0) is 11.3 Å². The van der Waals surface area contributed by atoms with Crippen molar-refractivity contribution in [3.8, 4) is 0 Å². The summed E-state index contributed by atoms with van der Waals surface area (Å²) in [6, 6.07) is 7.29. The molecule has 0 fully saturated rings. The summed E-state index contributed by atoms with van der Waals surface area (Å²) in [5.41, 5.74) is 1.76. The number of rotatable bonds is 6. The number of anilines is 1. The Morgan fingerprint density at radius 2 is 2.17 bits per heavy atom. The number of nitrogens with zero attached hydrogens (tertiary/aromatic N) is 2. The first kappa shape index (κ1) is 18.7. The fourth-order valence-corrected chi connectivity index (χ4v) is 1.69. The molecule has 0 aliphatic carbocycles. The van der Waals surface area contributed by atoms with Crippen LogP contribution in [0.5, 0.6) is 0 Å². The molecule has 0 aromatic heterocycles. The molecular formula is C17H25N3O3. The van der Waals surface area contributed by atoms with E-state index in [1.165, 1.54) is 5.01 Å². The van der Waals surface area contributed by atoms with E-state index in [0.717, 1.165) is 11.1 Å². The minimum atomic E-state index is -0.549. The molecule has 0 saturated carbocycles. The van der Waals surface area contributed by atoms with Crippen molar-refractivity contribution < 1.29 is 14.6 Å². The van der Waals surface area contributed by atoms with Crippen molar-refractivity contribution in [2.75, 3.05) is 12.0 Å². The molecule has 0 unspecified atom stereocenters. The number of carbonyl (C=O) groups is 1. The van der Waals surface area contributed by atoms with Crippen LogP contribution in [0.1, 0.15) is 33.3 Å². The Bertz CT molecular complexity index is 577. The van der Waals surface area contributed by atoms with Crippen LogP contribution in [0.3, 0.4) is 0 Å². The van der Waals surface area contributed by atoms with Crippen LogP contribution in [-0.4, -0.2) is 34.8 Å². The highest BCUT2D eigenvalue weighted by Gasteiger charge is 2.16. The number of nitrogens with one attached hydrogen (secondary N) is 1. The second-order valence-electron chi connectivity index (χ2n) is 6.22. The van der Waals surface area contributed by atoms with E-state index in [1.807, 2.05) is 45.9 Å². The number of hydrogen-bond donors (Lipinski definition) is 2. The van der Waals surface area contributed by atoms with Gasteiger partial charge in [0.15, 0.2) is 0 Å². The predicted molar refractivity (Wildman–Crippen MR) is 92.2 cm³/mol. The molecule has 0 atom stereocenters. The third-order valence-electron chi connectivity index (χ3n) is 2.54. The van der Waals surface area contributed by atoms with E-state index in [-0.39, 0.29) is 6.73 Å². The number of aliphatic hydroxyl groups excluding tert-OH is 1. The van der Waals surface area contributed by atoms with Gasteiger partial charge in [0, 0.05) is 11.9 Å². The van der Waals surface area contributed by atoms with Crippen molar-refractivity contribution in [2.45, 2.75) is 39.8 Å². The molecule has 0 saturated heterocycles.